The van der Waals surface area contributed by atoms with Crippen molar-refractivity contribution >= 4 is 52.2 Å². The lowest BCUT2D eigenvalue weighted by atomic mass is 10.2. The summed E-state index contributed by atoms with van der Waals surface area (Å²) in [7, 11) is 0. The van der Waals surface area contributed by atoms with Gasteiger partial charge in [-0.3, -0.25) is 4.98 Å². The normalized spacial score (nSPS) is 11.7. The van der Waals surface area contributed by atoms with E-state index in [1.165, 1.54) is 24.5 Å². The van der Waals surface area contributed by atoms with Crippen molar-refractivity contribution in [1.29, 1.82) is 0 Å². The van der Waals surface area contributed by atoms with Crippen LogP contribution in [-0.2, 0) is 0 Å². The molecule has 134 valence electrons. The predicted octanol–water partition coefficient (Wildman–Crippen LogP) is 5.05. The monoisotopic (exact) mass is 404 g/mol. The number of amides is 2. The van der Waals surface area contributed by atoms with E-state index in [1.807, 2.05) is 6.92 Å². The van der Waals surface area contributed by atoms with Gasteiger partial charge in [-0.05, 0) is 24.1 Å². The maximum Gasteiger partial charge on any atom is 0.319 e. The number of hydrogen-bond acceptors (Lipinski definition) is 3. The summed E-state index contributed by atoms with van der Waals surface area (Å²) in [6.45, 7) is 2.87. The Bertz CT molecular complexity index is 720. The standard InChI is InChI=1S/C16H16Cl3FN4O/c1-9(5-22-15-13(18)7-21-8-14(15)19)6-23-16(25)24-12-3-10(17)2-11(20)4-12/h2-4,7-9H,5-6H2,1H3,(H,21,22)(H2,23,24,25). The van der Waals surface area contributed by atoms with E-state index < -0.39 is 11.8 Å². The highest BCUT2D eigenvalue weighted by atomic mass is 35.5. The van der Waals surface area contributed by atoms with Crippen LogP contribution in [0.5, 0.6) is 0 Å². The Kier molecular flexibility index (Phi) is 7.11. The van der Waals surface area contributed by atoms with Crippen molar-refractivity contribution in [2.75, 3.05) is 23.7 Å². The molecule has 0 fully saturated rings. The summed E-state index contributed by atoms with van der Waals surface area (Å²) in [5.41, 5.74) is 0.882. The molecule has 5 nitrogen and oxygen atoms in total. The summed E-state index contributed by atoms with van der Waals surface area (Å²) in [5.74, 6) is -0.436. The fourth-order valence-electron chi connectivity index (χ4n) is 2.00. The molecule has 2 aromatic rings. The molecule has 1 aromatic carbocycles. The van der Waals surface area contributed by atoms with Gasteiger partial charge in [0.1, 0.15) is 5.82 Å². The third-order valence-corrected chi connectivity index (χ3v) is 4.00. The van der Waals surface area contributed by atoms with Crippen LogP contribution in [-0.4, -0.2) is 24.1 Å². The number of nitrogens with zero attached hydrogens (tertiary/aromatic N) is 1. The van der Waals surface area contributed by atoms with E-state index in [-0.39, 0.29) is 16.6 Å². The minimum absolute atomic E-state index is 0.0853. The van der Waals surface area contributed by atoms with E-state index in [9.17, 15) is 9.18 Å². The first-order chi connectivity index (χ1) is 11.8. The van der Waals surface area contributed by atoms with Crippen molar-refractivity contribution in [1.82, 2.24) is 10.3 Å². The average molecular weight is 406 g/mol. The van der Waals surface area contributed by atoms with Gasteiger partial charge < -0.3 is 16.0 Å². The van der Waals surface area contributed by atoms with Crippen molar-refractivity contribution < 1.29 is 9.18 Å². The number of hydrogen-bond donors (Lipinski definition) is 3. The molecule has 2 rings (SSSR count). The Hall–Kier alpha value is -1.76. The Morgan fingerprint density at radius 1 is 1.16 bits per heavy atom. The molecule has 0 radical (unpaired) electrons. The minimum Gasteiger partial charge on any atom is -0.382 e. The zero-order chi connectivity index (χ0) is 18.4. The molecule has 3 N–H and O–H groups in total. The predicted molar refractivity (Wildman–Crippen MR) is 100 cm³/mol. The summed E-state index contributed by atoms with van der Waals surface area (Å²) >= 11 is 17.8. The lowest BCUT2D eigenvalue weighted by Gasteiger charge is -2.16. The van der Waals surface area contributed by atoms with Crippen LogP contribution in [0.3, 0.4) is 0 Å². The Morgan fingerprint density at radius 3 is 2.48 bits per heavy atom. The van der Waals surface area contributed by atoms with E-state index in [0.29, 0.717) is 28.8 Å². The summed E-state index contributed by atoms with van der Waals surface area (Å²) in [6, 6.07) is 3.36. The van der Waals surface area contributed by atoms with Crippen LogP contribution in [0, 0.1) is 11.7 Å². The summed E-state index contributed by atoms with van der Waals surface area (Å²) in [4.78, 5) is 15.7. The summed E-state index contributed by atoms with van der Waals surface area (Å²) < 4.78 is 13.2. The molecule has 1 unspecified atom stereocenters. The molecule has 0 saturated heterocycles. The lowest BCUT2D eigenvalue weighted by Crippen LogP contribution is -2.34. The van der Waals surface area contributed by atoms with Gasteiger partial charge >= 0.3 is 6.03 Å². The number of halogens is 4. The summed E-state index contributed by atoms with van der Waals surface area (Å²) in [5, 5.41) is 9.41. The van der Waals surface area contributed by atoms with Crippen molar-refractivity contribution in [2.45, 2.75) is 6.92 Å². The number of aromatic nitrogens is 1. The van der Waals surface area contributed by atoms with Gasteiger partial charge in [-0.2, -0.15) is 0 Å². The highest BCUT2D eigenvalue weighted by molar-refractivity contribution is 6.38. The van der Waals surface area contributed by atoms with Crippen LogP contribution in [0.25, 0.3) is 0 Å². The smallest absolute Gasteiger partial charge is 0.319 e. The van der Waals surface area contributed by atoms with Gasteiger partial charge in [-0.1, -0.05) is 41.7 Å². The first-order valence-corrected chi connectivity index (χ1v) is 8.52. The average Bonchev–Trinajstić information content (AvgIpc) is 2.51. The first-order valence-electron chi connectivity index (χ1n) is 7.39. The molecule has 1 heterocycles. The Labute approximate surface area is 159 Å². The van der Waals surface area contributed by atoms with E-state index >= 15 is 0 Å². The largest absolute Gasteiger partial charge is 0.382 e. The number of carbonyl (C=O) groups excluding carboxylic acids is 1. The van der Waals surface area contributed by atoms with Crippen LogP contribution >= 0.6 is 34.8 Å². The SMILES string of the molecule is CC(CNC(=O)Nc1cc(F)cc(Cl)c1)CNc1c(Cl)cncc1Cl. The molecule has 9 heteroatoms. The van der Waals surface area contributed by atoms with Crippen LogP contribution < -0.4 is 16.0 Å². The van der Waals surface area contributed by atoms with Crippen molar-refractivity contribution in [3.8, 4) is 0 Å². The van der Waals surface area contributed by atoms with Gasteiger partial charge in [-0.25, -0.2) is 9.18 Å². The number of anilines is 2. The molecule has 0 bridgehead atoms. The van der Waals surface area contributed by atoms with E-state index in [4.69, 9.17) is 34.8 Å². The molecular formula is C16H16Cl3FN4O. The van der Waals surface area contributed by atoms with Gasteiger partial charge in [0.05, 0.1) is 15.7 Å². The Morgan fingerprint density at radius 2 is 1.84 bits per heavy atom. The number of nitrogens with one attached hydrogen (secondary N) is 3. The third kappa shape index (κ3) is 6.23. The first kappa shape index (κ1) is 19.6. The number of carbonyl (C=O) groups is 1. The maximum atomic E-state index is 13.2. The molecule has 0 aliphatic rings. The molecular weight excluding hydrogens is 390 g/mol. The van der Waals surface area contributed by atoms with Crippen LogP contribution in [0.1, 0.15) is 6.92 Å². The van der Waals surface area contributed by atoms with Gasteiger partial charge in [-0.15, -0.1) is 0 Å². The van der Waals surface area contributed by atoms with Gasteiger partial charge in [0, 0.05) is 36.2 Å². The van der Waals surface area contributed by atoms with E-state index in [2.05, 4.69) is 20.9 Å². The van der Waals surface area contributed by atoms with Crippen LogP contribution in [0.15, 0.2) is 30.6 Å². The van der Waals surface area contributed by atoms with E-state index in [0.717, 1.165) is 6.07 Å². The number of pyridine rings is 1. The number of rotatable bonds is 6. The molecule has 0 aliphatic heterocycles. The van der Waals surface area contributed by atoms with Crippen molar-refractivity contribution in [2.24, 2.45) is 5.92 Å². The molecule has 1 atom stereocenters. The Balaban J connectivity index is 1.79. The molecule has 1 aromatic heterocycles. The van der Waals surface area contributed by atoms with Gasteiger partial charge in [0.25, 0.3) is 0 Å². The number of benzene rings is 1. The third-order valence-electron chi connectivity index (χ3n) is 3.21. The van der Waals surface area contributed by atoms with E-state index in [1.54, 1.807) is 0 Å². The van der Waals surface area contributed by atoms with Gasteiger partial charge in [0.15, 0.2) is 0 Å². The van der Waals surface area contributed by atoms with Crippen molar-refractivity contribution in [3.05, 3.63) is 51.5 Å². The summed E-state index contributed by atoms with van der Waals surface area (Å²) in [6.07, 6.45) is 2.99. The molecule has 0 saturated carbocycles. The van der Waals surface area contributed by atoms with Crippen LogP contribution in [0.4, 0.5) is 20.6 Å². The van der Waals surface area contributed by atoms with Gasteiger partial charge in [0.2, 0.25) is 0 Å². The second kappa shape index (κ2) is 9.08. The molecule has 2 amide bonds. The van der Waals surface area contributed by atoms with Crippen LogP contribution in [0.2, 0.25) is 15.1 Å². The lowest BCUT2D eigenvalue weighted by molar-refractivity contribution is 0.250. The quantitative estimate of drug-likeness (QED) is 0.630. The zero-order valence-electron chi connectivity index (χ0n) is 13.2. The molecule has 0 aliphatic carbocycles. The minimum atomic E-state index is -0.522. The zero-order valence-corrected chi connectivity index (χ0v) is 15.5. The second-order valence-corrected chi connectivity index (χ2v) is 6.71. The molecule has 25 heavy (non-hydrogen) atoms. The topological polar surface area (TPSA) is 66.1 Å². The van der Waals surface area contributed by atoms with Crippen molar-refractivity contribution in [3.63, 3.8) is 0 Å². The highest BCUT2D eigenvalue weighted by Crippen LogP contribution is 2.28. The number of urea groups is 1. The maximum absolute atomic E-state index is 13.2. The molecule has 0 spiro atoms. The highest BCUT2D eigenvalue weighted by Gasteiger charge is 2.10. The fraction of sp³-hybridized carbons (Fsp3) is 0.250. The fourth-order valence-corrected chi connectivity index (χ4v) is 2.72. The second-order valence-electron chi connectivity index (χ2n) is 5.46.